The first-order valence-electron chi connectivity index (χ1n) is 10.00. The molecule has 3 rings (SSSR count). The van der Waals surface area contributed by atoms with E-state index < -0.39 is 5.82 Å². The lowest BCUT2D eigenvalue weighted by atomic mass is 10.0. The minimum absolute atomic E-state index is 0.0408. The van der Waals surface area contributed by atoms with E-state index in [0.29, 0.717) is 52.4 Å². The van der Waals surface area contributed by atoms with Gasteiger partial charge in [-0.25, -0.2) is 4.39 Å². The van der Waals surface area contributed by atoms with Gasteiger partial charge in [-0.3, -0.25) is 9.59 Å². The molecule has 0 spiro atoms. The molecule has 160 valence electrons. The number of halogens is 1. The van der Waals surface area contributed by atoms with E-state index in [1.165, 1.54) is 18.2 Å². The van der Waals surface area contributed by atoms with Crippen LogP contribution in [-0.2, 0) is 4.79 Å². The molecule has 1 atom stereocenters. The standard InChI is InChI=1S/C22H27FN4O3/c1-4-15(24-7-8-28)11-25-22(30)20-12(2)19(26-13(20)3)10-17-16-9-14(23)5-6-18(16)27-21(17)29/h5-6,9-10,15,24,26,28H,4,7-8,11H2,1-3H3,(H,25,30)(H,27,29)/b17-10-. The summed E-state index contributed by atoms with van der Waals surface area (Å²) in [6.45, 7) is 6.56. The number of aromatic amines is 1. The Hall–Kier alpha value is -2.97. The van der Waals surface area contributed by atoms with Gasteiger partial charge >= 0.3 is 0 Å². The Bertz CT molecular complexity index is 997. The highest BCUT2D eigenvalue weighted by Crippen LogP contribution is 2.34. The Morgan fingerprint density at radius 3 is 2.80 bits per heavy atom. The molecule has 0 fully saturated rings. The first-order valence-corrected chi connectivity index (χ1v) is 10.00. The lowest BCUT2D eigenvalue weighted by molar-refractivity contribution is -0.110. The molecule has 2 heterocycles. The number of anilines is 1. The molecule has 8 heteroatoms. The zero-order valence-corrected chi connectivity index (χ0v) is 17.4. The van der Waals surface area contributed by atoms with E-state index in [2.05, 4.69) is 20.9 Å². The van der Waals surface area contributed by atoms with E-state index in [9.17, 15) is 14.0 Å². The lowest BCUT2D eigenvalue weighted by Crippen LogP contribution is -2.41. The van der Waals surface area contributed by atoms with Crippen molar-refractivity contribution in [1.82, 2.24) is 15.6 Å². The van der Waals surface area contributed by atoms with Gasteiger partial charge in [0.2, 0.25) is 0 Å². The van der Waals surface area contributed by atoms with Crippen LogP contribution in [0.3, 0.4) is 0 Å². The summed E-state index contributed by atoms with van der Waals surface area (Å²) in [5, 5.41) is 17.8. The summed E-state index contributed by atoms with van der Waals surface area (Å²) in [6, 6.07) is 4.22. The summed E-state index contributed by atoms with van der Waals surface area (Å²) in [6.07, 6.45) is 2.46. The predicted molar refractivity (Wildman–Crippen MR) is 115 cm³/mol. The van der Waals surface area contributed by atoms with E-state index in [0.717, 1.165) is 6.42 Å². The van der Waals surface area contributed by atoms with Crippen LogP contribution in [0.5, 0.6) is 0 Å². The number of hydrogen-bond acceptors (Lipinski definition) is 4. The Balaban J connectivity index is 1.83. The number of aliphatic hydroxyl groups excluding tert-OH is 1. The van der Waals surface area contributed by atoms with Crippen molar-refractivity contribution < 1.29 is 19.1 Å². The Labute approximate surface area is 174 Å². The van der Waals surface area contributed by atoms with Gasteiger partial charge in [-0.05, 0) is 50.1 Å². The summed E-state index contributed by atoms with van der Waals surface area (Å²) < 4.78 is 13.7. The van der Waals surface area contributed by atoms with Gasteiger partial charge in [-0.2, -0.15) is 0 Å². The number of amides is 2. The summed E-state index contributed by atoms with van der Waals surface area (Å²) in [4.78, 5) is 28.3. The molecular formula is C22H27FN4O3. The van der Waals surface area contributed by atoms with Gasteiger partial charge in [-0.1, -0.05) is 6.92 Å². The molecule has 5 N–H and O–H groups in total. The predicted octanol–water partition coefficient (Wildman–Crippen LogP) is 2.35. The van der Waals surface area contributed by atoms with Crippen LogP contribution in [0.4, 0.5) is 10.1 Å². The number of aliphatic hydroxyl groups is 1. The average Bonchev–Trinajstić information content (AvgIpc) is 3.17. The minimum Gasteiger partial charge on any atom is -0.395 e. The van der Waals surface area contributed by atoms with Crippen molar-refractivity contribution in [2.45, 2.75) is 33.2 Å². The van der Waals surface area contributed by atoms with Crippen LogP contribution in [0, 0.1) is 19.7 Å². The van der Waals surface area contributed by atoms with Crippen LogP contribution in [0.25, 0.3) is 11.6 Å². The second-order valence-electron chi connectivity index (χ2n) is 7.36. The largest absolute Gasteiger partial charge is 0.395 e. The highest BCUT2D eigenvalue weighted by molar-refractivity contribution is 6.34. The van der Waals surface area contributed by atoms with Crippen LogP contribution < -0.4 is 16.0 Å². The maximum absolute atomic E-state index is 13.7. The van der Waals surface area contributed by atoms with Gasteiger partial charge in [0.25, 0.3) is 11.8 Å². The molecule has 7 nitrogen and oxygen atoms in total. The maximum Gasteiger partial charge on any atom is 0.256 e. The van der Waals surface area contributed by atoms with Gasteiger partial charge in [0.15, 0.2) is 0 Å². The van der Waals surface area contributed by atoms with Gasteiger partial charge < -0.3 is 26.0 Å². The SMILES string of the molecule is CCC(CNC(=O)c1c(C)[nH]c(/C=C2\C(=O)Nc3ccc(F)cc32)c1C)NCCO. The third kappa shape index (κ3) is 4.44. The highest BCUT2D eigenvalue weighted by Gasteiger charge is 2.26. The summed E-state index contributed by atoms with van der Waals surface area (Å²) in [7, 11) is 0. The monoisotopic (exact) mass is 414 g/mol. The van der Waals surface area contributed by atoms with E-state index in [1.54, 1.807) is 13.0 Å². The van der Waals surface area contributed by atoms with Crippen molar-refractivity contribution in [3.8, 4) is 0 Å². The molecular weight excluding hydrogens is 387 g/mol. The quantitative estimate of drug-likeness (QED) is 0.428. The molecule has 0 aliphatic carbocycles. The Kier molecular flexibility index (Phi) is 6.69. The summed E-state index contributed by atoms with van der Waals surface area (Å²) in [5.74, 6) is -0.942. The molecule has 1 aliphatic rings. The molecule has 1 aliphatic heterocycles. The number of rotatable bonds is 8. The molecule has 0 saturated heterocycles. The van der Waals surface area contributed by atoms with Gasteiger partial charge in [0.05, 0.1) is 17.7 Å². The second kappa shape index (κ2) is 9.23. The molecule has 1 unspecified atom stereocenters. The number of hydrogen-bond donors (Lipinski definition) is 5. The van der Waals surface area contributed by atoms with Crippen molar-refractivity contribution in [2.24, 2.45) is 0 Å². The van der Waals surface area contributed by atoms with Crippen molar-refractivity contribution in [3.05, 3.63) is 52.1 Å². The normalized spacial score (nSPS) is 15.2. The first-order chi connectivity index (χ1) is 14.3. The molecule has 1 aromatic heterocycles. The number of carbonyl (C=O) groups excluding carboxylic acids is 2. The van der Waals surface area contributed by atoms with Crippen LogP contribution in [0.1, 0.15) is 46.2 Å². The number of benzene rings is 1. The molecule has 2 amide bonds. The number of H-pyrrole nitrogens is 1. The summed E-state index contributed by atoms with van der Waals surface area (Å²) in [5.41, 5.74) is 3.96. The Morgan fingerprint density at radius 2 is 2.10 bits per heavy atom. The average molecular weight is 414 g/mol. The number of carbonyl (C=O) groups is 2. The molecule has 0 saturated carbocycles. The Morgan fingerprint density at radius 1 is 1.33 bits per heavy atom. The first kappa shape index (κ1) is 21.7. The zero-order chi connectivity index (χ0) is 21.8. The minimum atomic E-state index is -0.420. The van der Waals surface area contributed by atoms with Crippen molar-refractivity contribution in [3.63, 3.8) is 0 Å². The van der Waals surface area contributed by atoms with E-state index in [1.807, 2.05) is 13.8 Å². The van der Waals surface area contributed by atoms with E-state index in [4.69, 9.17) is 5.11 Å². The van der Waals surface area contributed by atoms with Crippen LogP contribution in [-0.4, -0.2) is 47.6 Å². The highest BCUT2D eigenvalue weighted by atomic mass is 19.1. The fourth-order valence-corrected chi connectivity index (χ4v) is 3.64. The van der Waals surface area contributed by atoms with Crippen molar-refractivity contribution in [1.29, 1.82) is 0 Å². The van der Waals surface area contributed by atoms with Crippen molar-refractivity contribution >= 4 is 29.2 Å². The second-order valence-corrected chi connectivity index (χ2v) is 7.36. The molecule has 0 radical (unpaired) electrons. The third-order valence-electron chi connectivity index (χ3n) is 5.30. The number of aryl methyl sites for hydroxylation is 1. The van der Waals surface area contributed by atoms with Gasteiger partial charge in [-0.15, -0.1) is 0 Å². The lowest BCUT2D eigenvalue weighted by Gasteiger charge is -2.17. The van der Waals surface area contributed by atoms with Crippen LogP contribution in [0.15, 0.2) is 18.2 Å². The molecule has 0 bridgehead atoms. The molecule has 2 aromatic rings. The van der Waals surface area contributed by atoms with Crippen LogP contribution in [0.2, 0.25) is 0 Å². The van der Waals surface area contributed by atoms with Gasteiger partial charge in [0, 0.05) is 41.8 Å². The fraction of sp³-hybridized carbons (Fsp3) is 0.364. The van der Waals surface area contributed by atoms with Crippen LogP contribution >= 0.6 is 0 Å². The van der Waals surface area contributed by atoms with E-state index in [-0.39, 0.29) is 24.5 Å². The topological polar surface area (TPSA) is 106 Å². The summed E-state index contributed by atoms with van der Waals surface area (Å²) >= 11 is 0. The number of nitrogens with one attached hydrogen (secondary N) is 4. The maximum atomic E-state index is 13.7. The molecule has 1 aromatic carbocycles. The zero-order valence-electron chi connectivity index (χ0n) is 17.4. The fourth-order valence-electron chi connectivity index (χ4n) is 3.64. The van der Waals surface area contributed by atoms with Gasteiger partial charge in [0.1, 0.15) is 5.82 Å². The smallest absolute Gasteiger partial charge is 0.256 e. The van der Waals surface area contributed by atoms with Crippen molar-refractivity contribution in [2.75, 3.05) is 25.0 Å². The molecule has 30 heavy (non-hydrogen) atoms. The third-order valence-corrected chi connectivity index (χ3v) is 5.30. The van der Waals surface area contributed by atoms with E-state index >= 15 is 0 Å². The number of aromatic nitrogens is 1. The number of fused-ring (bicyclic) bond motifs is 1.